The molecule has 0 aliphatic carbocycles. The van der Waals surface area contributed by atoms with Crippen molar-refractivity contribution in [3.8, 4) is 6.07 Å². The molecule has 19 heavy (non-hydrogen) atoms. The predicted molar refractivity (Wildman–Crippen MR) is 75.3 cm³/mol. The lowest BCUT2D eigenvalue weighted by molar-refractivity contribution is 0.519. The summed E-state index contributed by atoms with van der Waals surface area (Å²) in [7, 11) is 0. The van der Waals surface area contributed by atoms with Crippen molar-refractivity contribution in [3.63, 3.8) is 0 Å². The molecule has 96 valence electrons. The average molecular weight is 251 g/mol. The Morgan fingerprint density at radius 3 is 2.74 bits per heavy atom. The molecular formula is C16H17N3. The Balaban J connectivity index is 2.02. The van der Waals surface area contributed by atoms with Crippen molar-refractivity contribution in [1.82, 2.24) is 10.3 Å². The molecule has 0 spiro atoms. The molecule has 3 heteroatoms. The van der Waals surface area contributed by atoms with Crippen LogP contribution in [0.1, 0.15) is 36.2 Å². The summed E-state index contributed by atoms with van der Waals surface area (Å²) in [5.41, 5.74) is 2.84. The number of aromatic nitrogens is 1. The van der Waals surface area contributed by atoms with E-state index in [1.165, 1.54) is 5.56 Å². The van der Waals surface area contributed by atoms with Crippen LogP contribution in [0.15, 0.2) is 48.7 Å². The molecular weight excluding hydrogens is 234 g/mol. The van der Waals surface area contributed by atoms with E-state index in [0.717, 1.165) is 18.5 Å². The van der Waals surface area contributed by atoms with Gasteiger partial charge in [-0.15, -0.1) is 0 Å². The molecule has 3 nitrogen and oxygen atoms in total. The molecule has 1 aromatic carbocycles. The molecule has 0 aliphatic heterocycles. The van der Waals surface area contributed by atoms with Crippen LogP contribution in [0, 0.1) is 11.3 Å². The van der Waals surface area contributed by atoms with Crippen LogP contribution in [0.2, 0.25) is 0 Å². The van der Waals surface area contributed by atoms with E-state index in [1.807, 2.05) is 18.2 Å². The highest BCUT2D eigenvalue weighted by molar-refractivity contribution is 5.25. The predicted octanol–water partition coefficient (Wildman–Crippen LogP) is 3.19. The van der Waals surface area contributed by atoms with Gasteiger partial charge >= 0.3 is 0 Å². The molecule has 1 heterocycles. The highest BCUT2D eigenvalue weighted by atomic mass is 14.9. The van der Waals surface area contributed by atoms with Gasteiger partial charge in [-0.3, -0.25) is 0 Å². The van der Waals surface area contributed by atoms with Crippen molar-refractivity contribution >= 4 is 0 Å². The fourth-order valence-electron chi connectivity index (χ4n) is 2.07. The molecule has 0 fully saturated rings. The molecule has 1 unspecified atom stereocenters. The molecule has 2 aromatic rings. The van der Waals surface area contributed by atoms with Gasteiger partial charge < -0.3 is 5.32 Å². The number of pyridine rings is 1. The van der Waals surface area contributed by atoms with Gasteiger partial charge in [0, 0.05) is 18.8 Å². The van der Waals surface area contributed by atoms with Gasteiger partial charge in [-0.25, -0.2) is 4.98 Å². The summed E-state index contributed by atoms with van der Waals surface area (Å²) < 4.78 is 0. The molecule has 0 bridgehead atoms. The number of hydrogen-bond donors (Lipinski definition) is 1. The van der Waals surface area contributed by atoms with Crippen molar-refractivity contribution < 1.29 is 0 Å². The number of rotatable bonds is 5. The second kappa shape index (κ2) is 6.67. The lowest BCUT2D eigenvalue weighted by Crippen LogP contribution is -2.20. The first-order valence-corrected chi connectivity index (χ1v) is 6.47. The van der Waals surface area contributed by atoms with E-state index < -0.39 is 0 Å². The van der Waals surface area contributed by atoms with Crippen molar-refractivity contribution in [1.29, 1.82) is 5.26 Å². The minimum atomic E-state index is 0.333. The molecule has 1 aromatic heterocycles. The average Bonchev–Trinajstić information content (AvgIpc) is 2.49. The van der Waals surface area contributed by atoms with Gasteiger partial charge in [0.25, 0.3) is 0 Å². The van der Waals surface area contributed by atoms with Crippen LogP contribution >= 0.6 is 0 Å². The van der Waals surface area contributed by atoms with Crippen LogP contribution in [-0.2, 0) is 6.54 Å². The van der Waals surface area contributed by atoms with E-state index in [9.17, 15) is 0 Å². The summed E-state index contributed by atoms with van der Waals surface area (Å²) in [6.45, 7) is 2.91. The van der Waals surface area contributed by atoms with Crippen LogP contribution in [0.4, 0.5) is 0 Å². The monoisotopic (exact) mass is 251 g/mol. The van der Waals surface area contributed by atoms with E-state index in [1.54, 1.807) is 6.20 Å². The fourth-order valence-corrected chi connectivity index (χ4v) is 2.07. The zero-order valence-corrected chi connectivity index (χ0v) is 11.0. The smallest absolute Gasteiger partial charge is 0.140 e. The van der Waals surface area contributed by atoms with Crippen molar-refractivity contribution in [3.05, 3.63) is 65.5 Å². The summed E-state index contributed by atoms with van der Waals surface area (Å²) in [4.78, 5) is 3.97. The van der Waals surface area contributed by atoms with Gasteiger partial charge in [0.2, 0.25) is 0 Å². The lowest BCUT2D eigenvalue weighted by atomic mass is 10.0. The quantitative estimate of drug-likeness (QED) is 0.887. The molecule has 1 N–H and O–H groups in total. The number of nitriles is 1. The van der Waals surface area contributed by atoms with E-state index in [4.69, 9.17) is 5.26 Å². The molecule has 2 rings (SSSR count). The molecule has 0 saturated heterocycles. The summed E-state index contributed by atoms with van der Waals surface area (Å²) >= 11 is 0. The summed E-state index contributed by atoms with van der Waals surface area (Å²) in [6, 6.07) is 16.6. The van der Waals surface area contributed by atoms with Crippen LogP contribution in [0.25, 0.3) is 0 Å². The van der Waals surface area contributed by atoms with Gasteiger partial charge in [-0.05, 0) is 29.7 Å². The first-order chi connectivity index (χ1) is 9.33. The Labute approximate surface area is 113 Å². The lowest BCUT2D eigenvalue weighted by Gasteiger charge is -2.17. The van der Waals surface area contributed by atoms with Crippen molar-refractivity contribution in [2.45, 2.75) is 25.9 Å². The van der Waals surface area contributed by atoms with Crippen LogP contribution in [0.3, 0.4) is 0 Å². The van der Waals surface area contributed by atoms with Crippen molar-refractivity contribution in [2.24, 2.45) is 0 Å². The van der Waals surface area contributed by atoms with E-state index in [-0.39, 0.29) is 0 Å². The number of benzene rings is 1. The Hall–Kier alpha value is -2.18. The second-order valence-corrected chi connectivity index (χ2v) is 4.41. The maximum atomic E-state index is 8.83. The standard InChI is InChI=1S/C16H17N3/c1-2-16(14-6-4-3-5-7-14)19-12-13-8-9-18-15(10-13)11-17/h3-10,16,19H,2,12H2,1H3. The Kier molecular flexibility index (Phi) is 4.66. The molecule has 0 amide bonds. The summed E-state index contributed by atoms with van der Waals surface area (Å²) in [5, 5.41) is 12.3. The number of nitrogens with one attached hydrogen (secondary N) is 1. The second-order valence-electron chi connectivity index (χ2n) is 4.41. The van der Waals surface area contributed by atoms with E-state index in [2.05, 4.69) is 47.6 Å². The number of nitrogens with zero attached hydrogens (tertiary/aromatic N) is 2. The van der Waals surface area contributed by atoms with E-state index in [0.29, 0.717) is 11.7 Å². The van der Waals surface area contributed by atoms with Crippen LogP contribution < -0.4 is 5.32 Å². The minimum absolute atomic E-state index is 0.333. The normalized spacial score (nSPS) is 11.8. The topological polar surface area (TPSA) is 48.7 Å². The first-order valence-electron chi connectivity index (χ1n) is 6.47. The first kappa shape index (κ1) is 13.3. The van der Waals surface area contributed by atoms with Gasteiger partial charge in [0.05, 0.1) is 0 Å². The van der Waals surface area contributed by atoms with Gasteiger partial charge in [-0.2, -0.15) is 5.26 Å². The van der Waals surface area contributed by atoms with Crippen LogP contribution in [-0.4, -0.2) is 4.98 Å². The van der Waals surface area contributed by atoms with Gasteiger partial charge in [-0.1, -0.05) is 37.3 Å². The summed E-state index contributed by atoms with van der Waals surface area (Å²) in [5.74, 6) is 0. The van der Waals surface area contributed by atoms with Gasteiger partial charge in [0.15, 0.2) is 0 Å². The Morgan fingerprint density at radius 1 is 1.26 bits per heavy atom. The number of hydrogen-bond acceptors (Lipinski definition) is 3. The molecule has 0 aliphatic rings. The van der Waals surface area contributed by atoms with Gasteiger partial charge in [0.1, 0.15) is 11.8 Å². The highest BCUT2D eigenvalue weighted by Crippen LogP contribution is 2.16. The molecule has 0 radical (unpaired) electrons. The van der Waals surface area contributed by atoms with Crippen molar-refractivity contribution in [2.75, 3.05) is 0 Å². The Bertz CT molecular complexity index is 558. The minimum Gasteiger partial charge on any atom is -0.306 e. The third-order valence-corrected chi connectivity index (χ3v) is 3.10. The zero-order valence-electron chi connectivity index (χ0n) is 11.0. The maximum Gasteiger partial charge on any atom is 0.140 e. The third-order valence-electron chi connectivity index (χ3n) is 3.10. The fraction of sp³-hybridized carbons (Fsp3) is 0.250. The largest absolute Gasteiger partial charge is 0.306 e. The SMILES string of the molecule is CCC(NCc1ccnc(C#N)c1)c1ccccc1. The zero-order chi connectivity index (χ0) is 13.5. The van der Waals surface area contributed by atoms with E-state index >= 15 is 0 Å². The van der Waals surface area contributed by atoms with Crippen LogP contribution in [0.5, 0.6) is 0 Å². The molecule has 1 atom stereocenters. The summed E-state index contributed by atoms with van der Waals surface area (Å²) in [6.07, 6.45) is 2.71. The Morgan fingerprint density at radius 2 is 2.05 bits per heavy atom. The molecule has 0 saturated carbocycles. The highest BCUT2D eigenvalue weighted by Gasteiger charge is 2.07. The maximum absolute atomic E-state index is 8.83. The third kappa shape index (κ3) is 3.64.